The third-order valence-corrected chi connectivity index (χ3v) is 3.78. The first kappa shape index (κ1) is 14.0. The Morgan fingerprint density at radius 2 is 2.10 bits per heavy atom. The van der Waals surface area contributed by atoms with Gasteiger partial charge in [-0.3, -0.25) is 4.79 Å². The van der Waals surface area contributed by atoms with Gasteiger partial charge in [0.05, 0.1) is 0 Å². The monoisotopic (exact) mass is 292 g/mol. The fourth-order valence-electron chi connectivity index (χ4n) is 2.51. The third-order valence-electron chi connectivity index (χ3n) is 3.78. The van der Waals surface area contributed by atoms with E-state index in [1.54, 1.807) is 12.1 Å². The second-order valence-corrected chi connectivity index (χ2v) is 5.22. The topological polar surface area (TPSA) is 74.0 Å². The summed E-state index contributed by atoms with van der Waals surface area (Å²) in [6, 6.07) is 3.95. The summed E-state index contributed by atoms with van der Waals surface area (Å²) in [5.41, 5.74) is 6.53. The van der Waals surface area contributed by atoms with E-state index in [0.29, 0.717) is 29.8 Å². The van der Waals surface area contributed by atoms with Gasteiger partial charge in [0.25, 0.3) is 5.91 Å². The lowest BCUT2D eigenvalue weighted by atomic mass is 10.2. The van der Waals surface area contributed by atoms with Gasteiger partial charge in [-0.1, -0.05) is 0 Å². The average Bonchev–Trinajstić information content (AvgIpc) is 3.22. The highest BCUT2D eigenvalue weighted by molar-refractivity contribution is 5.78. The standard InChI is InChI=1S/C15H20N2O4/c1-2-17(11-3-4-11)15(18)8-19-12-6-14-13(20-9-21-14)5-10(12)7-16/h5-6,11H,2-4,7-9,16H2,1H3. The Balaban J connectivity index is 1.68. The molecule has 1 fully saturated rings. The first-order chi connectivity index (χ1) is 10.2. The molecular weight excluding hydrogens is 272 g/mol. The molecule has 1 saturated carbocycles. The van der Waals surface area contributed by atoms with E-state index < -0.39 is 0 Å². The molecule has 0 aromatic heterocycles. The van der Waals surface area contributed by atoms with Crippen molar-refractivity contribution in [3.8, 4) is 17.2 Å². The Hall–Kier alpha value is -1.95. The minimum Gasteiger partial charge on any atom is -0.483 e. The van der Waals surface area contributed by atoms with Crippen LogP contribution in [0, 0.1) is 0 Å². The molecule has 1 amide bonds. The zero-order valence-electron chi connectivity index (χ0n) is 12.1. The van der Waals surface area contributed by atoms with Gasteiger partial charge in [0, 0.05) is 30.8 Å². The fourth-order valence-corrected chi connectivity index (χ4v) is 2.51. The lowest BCUT2D eigenvalue weighted by Crippen LogP contribution is -2.36. The van der Waals surface area contributed by atoms with Crippen molar-refractivity contribution in [2.24, 2.45) is 5.73 Å². The Morgan fingerprint density at radius 1 is 1.38 bits per heavy atom. The molecule has 6 nitrogen and oxygen atoms in total. The van der Waals surface area contributed by atoms with Crippen LogP contribution in [0.1, 0.15) is 25.3 Å². The van der Waals surface area contributed by atoms with E-state index >= 15 is 0 Å². The van der Waals surface area contributed by atoms with Gasteiger partial charge >= 0.3 is 0 Å². The molecule has 1 heterocycles. The molecule has 114 valence electrons. The van der Waals surface area contributed by atoms with Crippen molar-refractivity contribution < 1.29 is 19.0 Å². The summed E-state index contributed by atoms with van der Waals surface area (Å²) in [6.45, 7) is 3.25. The summed E-state index contributed by atoms with van der Waals surface area (Å²) in [5, 5.41) is 0. The van der Waals surface area contributed by atoms with Gasteiger partial charge in [0.1, 0.15) is 5.75 Å². The van der Waals surface area contributed by atoms with E-state index in [-0.39, 0.29) is 19.3 Å². The number of benzene rings is 1. The van der Waals surface area contributed by atoms with Crippen LogP contribution in [-0.2, 0) is 11.3 Å². The molecule has 1 aromatic carbocycles. The van der Waals surface area contributed by atoms with Crippen LogP contribution in [0.2, 0.25) is 0 Å². The molecule has 0 spiro atoms. The first-order valence-corrected chi connectivity index (χ1v) is 7.27. The molecule has 1 aliphatic carbocycles. The summed E-state index contributed by atoms with van der Waals surface area (Å²) in [6.07, 6.45) is 2.19. The van der Waals surface area contributed by atoms with E-state index in [2.05, 4.69) is 0 Å². The number of amides is 1. The zero-order valence-corrected chi connectivity index (χ0v) is 12.1. The molecule has 0 bridgehead atoms. The van der Waals surface area contributed by atoms with Crippen LogP contribution in [0.15, 0.2) is 12.1 Å². The summed E-state index contributed by atoms with van der Waals surface area (Å²) in [5.74, 6) is 1.90. The number of carbonyl (C=O) groups is 1. The van der Waals surface area contributed by atoms with Gasteiger partial charge in [0.2, 0.25) is 6.79 Å². The quantitative estimate of drug-likeness (QED) is 0.854. The van der Waals surface area contributed by atoms with Gasteiger partial charge in [-0.05, 0) is 25.8 Å². The molecule has 0 saturated heterocycles. The maximum Gasteiger partial charge on any atom is 0.260 e. The zero-order chi connectivity index (χ0) is 14.8. The van der Waals surface area contributed by atoms with Crippen LogP contribution in [-0.4, -0.2) is 36.8 Å². The molecule has 1 aliphatic heterocycles. The third kappa shape index (κ3) is 2.90. The molecule has 0 atom stereocenters. The largest absolute Gasteiger partial charge is 0.483 e. The number of hydrogen-bond acceptors (Lipinski definition) is 5. The average molecular weight is 292 g/mol. The lowest BCUT2D eigenvalue weighted by molar-refractivity contribution is -0.133. The minimum atomic E-state index is 0.0145. The number of fused-ring (bicyclic) bond motifs is 1. The van der Waals surface area contributed by atoms with Gasteiger partial charge < -0.3 is 24.8 Å². The summed E-state index contributed by atoms with van der Waals surface area (Å²) in [4.78, 5) is 14.0. The smallest absolute Gasteiger partial charge is 0.260 e. The highest BCUT2D eigenvalue weighted by atomic mass is 16.7. The summed E-state index contributed by atoms with van der Waals surface area (Å²) < 4.78 is 16.3. The number of rotatable bonds is 6. The highest BCUT2D eigenvalue weighted by Gasteiger charge is 2.31. The van der Waals surface area contributed by atoms with Crippen LogP contribution in [0.3, 0.4) is 0 Å². The number of hydrogen-bond donors (Lipinski definition) is 1. The molecule has 6 heteroatoms. The maximum atomic E-state index is 12.2. The van der Waals surface area contributed by atoms with Crippen molar-refractivity contribution in [1.82, 2.24) is 4.90 Å². The van der Waals surface area contributed by atoms with Crippen molar-refractivity contribution in [2.45, 2.75) is 32.4 Å². The normalized spacial score (nSPS) is 15.9. The minimum absolute atomic E-state index is 0.0145. The molecule has 21 heavy (non-hydrogen) atoms. The summed E-state index contributed by atoms with van der Waals surface area (Å²) >= 11 is 0. The summed E-state index contributed by atoms with van der Waals surface area (Å²) in [7, 11) is 0. The van der Waals surface area contributed by atoms with E-state index in [1.807, 2.05) is 11.8 Å². The van der Waals surface area contributed by atoms with Crippen molar-refractivity contribution in [1.29, 1.82) is 0 Å². The molecule has 0 unspecified atom stereocenters. The molecule has 2 N–H and O–H groups in total. The number of nitrogens with two attached hydrogens (primary N) is 1. The van der Waals surface area contributed by atoms with Crippen LogP contribution in [0.5, 0.6) is 17.2 Å². The SMILES string of the molecule is CCN(C(=O)COc1cc2c(cc1CN)OCO2)C1CC1. The predicted molar refractivity (Wildman–Crippen MR) is 76.4 cm³/mol. The molecular formula is C15H20N2O4. The predicted octanol–water partition coefficient (Wildman–Crippen LogP) is 1.26. The Morgan fingerprint density at radius 3 is 2.71 bits per heavy atom. The van der Waals surface area contributed by atoms with E-state index in [1.165, 1.54) is 0 Å². The Labute approximate surface area is 123 Å². The first-order valence-electron chi connectivity index (χ1n) is 7.27. The molecule has 2 aliphatic rings. The van der Waals surface area contributed by atoms with Crippen molar-refractivity contribution in [2.75, 3.05) is 19.9 Å². The van der Waals surface area contributed by atoms with E-state index in [0.717, 1.165) is 24.9 Å². The van der Waals surface area contributed by atoms with Crippen LogP contribution >= 0.6 is 0 Å². The van der Waals surface area contributed by atoms with Crippen molar-refractivity contribution in [3.05, 3.63) is 17.7 Å². The van der Waals surface area contributed by atoms with Gasteiger partial charge in [-0.25, -0.2) is 0 Å². The van der Waals surface area contributed by atoms with Gasteiger partial charge in [-0.15, -0.1) is 0 Å². The second-order valence-electron chi connectivity index (χ2n) is 5.22. The van der Waals surface area contributed by atoms with Crippen molar-refractivity contribution >= 4 is 5.91 Å². The molecule has 0 radical (unpaired) electrons. The number of ether oxygens (including phenoxy) is 3. The maximum absolute atomic E-state index is 12.2. The number of nitrogens with zero attached hydrogens (tertiary/aromatic N) is 1. The Bertz CT molecular complexity index is 543. The van der Waals surface area contributed by atoms with E-state index in [9.17, 15) is 4.79 Å². The lowest BCUT2D eigenvalue weighted by Gasteiger charge is -2.21. The second kappa shape index (κ2) is 5.81. The molecule has 1 aromatic rings. The van der Waals surface area contributed by atoms with Crippen LogP contribution < -0.4 is 19.9 Å². The van der Waals surface area contributed by atoms with Gasteiger partial charge in [0.15, 0.2) is 18.1 Å². The van der Waals surface area contributed by atoms with Crippen molar-refractivity contribution in [3.63, 3.8) is 0 Å². The molecule has 3 rings (SSSR count). The fraction of sp³-hybridized carbons (Fsp3) is 0.533. The Kier molecular flexibility index (Phi) is 3.88. The van der Waals surface area contributed by atoms with Crippen LogP contribution in [0.4, 0.5) is 0 Å². The van der Waals surface area contributed by atoms with Gasteiger partial charge in [-0.2, -0.15) is 0 Å². The van der Waals surface area contributed by atoms with Crippen LogP contribution in [0.25, 0.3) is 0 Å². The number of likely N-dealkylation sites (N-methyl/N-ethyl adjacent to an activating group) is 1. The van der Waals surface area contributed by atoms with E-state index in [4.69, 9.17) is 19.9 Å². The highest BCUT2D eigenvalue weighted by Crippen LogP contribution is 2.38. The number of carbonyl (C=O) groups excluding carboxylic acids is 1.